The molecule has 0 bridgehead atoms. The van der Waals surface area contributed by atoms with Crippen molar-refractivity contribution in [3.8, 4) is 0 Å². The number of anilines is 1. The predicted octanol–water partition coefficient (Wildman–Crippen LogP) is 2.03. The molecule has 3 rings (SSSR count). The lowest BCUT2D eigenvalue weighted by Crippen LogP contribution is -2.21. The molecule has 94 valence electrons. The lowest BCUT2D eigenvalue weighted by molar-refractivity contribution is 0.748. The van der Waals surface area contributed by atoms with Gasteiger partial charge in [-0.3, -0.25) is 9.36 Å². The first-order valence-corrected chi connectivity index (χ1v) is 6.02. The molecule has 0 aliphatic heterocycles. The van der Waals surface area contributed by atoms with E-state index in [9.17, 15) is 4.79 Å². The molecule has 0 fully saturated rings. The summed E-state index contributed by atoms with van der Waals surface area (Å²) in [5.74, 6) is 0. The van der Waals surface area contributed by atoms with Gasteiger partial charge >= 0.3 is 0 Å². The second-order valence-electron chi connectivity index (χ2n) is 4.44. The Bertz CT molecular complexity index is 778. The molecule has 0 aliphatic rings. The maximum Gasteiger partial charge on any atom is 0.261 e. The van der Waals surface area contributed by atoms with Crippen LogP contribution in [0, 0.1) is 0 Å². The number of hydrogen-bond acceptors (Lipinski definition) is 3. The van der Waals surface area contributed by atoms with Crippen LogP contribution < -0.4 is 11.3 Å². The fourth-order valence-electron chi connectivity index (χ4n) is 2.07. The number of rotatable bonds is 2. The minimum atomic E-state index is -0.0474. The molecule has 3 aromatic rings. The maximum atomic E-state index is 12.3. The minimum absolute atomic E-state index is 0.0474. The largest absolute Gasteiger partial charge is 0.399 e. The van der Waals surface area contributed by atoms with Gasteiger partial charge in [-0.1, -0.05) is 30.3 Å². The Balaban J connectivity index is 2.08. The lowest BCUT2D eigenvalue weighted by Gasteiger charge is -2.07. The number of nitrogens with zero attached hydrogens (tertiary/aromatic N) is 2. The molecular weight excluding hydrogens is 238 g/mol. The van der Waals surface area contributed by atoms with Crippen molar-refractivity contribution in [2.45, 2.75) is 6.54 Å². The monoisotopic (exact) mass is 251 g/mol. The van der Waals surface area contributed by atoms with Crippen LogP contribution in [0.3, 0.4) is 0 Å². The zero-order valence-electron chi connectivity index (χ0n) is 10.3. The Morgan fingerprint density at radius 3 is 2.68 bits per heavy atom. The Labute approximate surface area is 110 Å². The third-order valence-corrected chi connectivity index (χ3v) is 3.05. The van der Waals surface area contributed by atoms with Crippen LogP contribution in [0.5, 0.6) is 0 Å². The molecule has 19 heavy (non-hydrogen) atoms. The average Bonchev–Trinajstić information content (AvgIpc) is 2.43. The molecule has 0 aliphatic carbocycles. The van der Waals surface area contributed by atoms with Gasteiger partial charge in [-0.15, -0.1) is 0 Å². The Morgan fingerprint density at radius 2 is 1.89 bits per heavy atom. The van der Waals surface area contributed by atoms with Crippen LogP contribution >= 0.6 is 0 Å². The molecule has 0 spiro atoms. The van der Waals surface area contributed by atoms with E-state index in [1.165, 1.54) is 0 Å². The Hall–Kier alpha value is -2.62. The highest BCUT2D eigenvalue weighted by Gasteiger charge is 2.04. The van der Waals surface area contributed by atoms with E-state index in [1.54, 1.807) is 29.1 Å². The minimum Gasteiger partial charge on any atom is -0.399 e. The number of nitrogens with two attached hydrogens (primary N) is 1. The number of nitrogen functional groups attached to an aromatic ring is 1. The molecule has 0 unspecified atom stereocenters. The fourth-order valence-corrected chi connectivity index (χ4v) is 2.07. The summed E-state index contributed by atoms with van der Waals surface area (Å²) in [5, 5.41) is 0.590. The van der Waals surface area contributed by atoms with E-state index >= 15 is 0 Å². The maximum absolute atomic E-state index is 12.3. The van der Waals surface area contributed by atoms with Gasteiger partial charge in [0.25, 0.3) is 5.56 Å². The van der Waals surface area contributed by atoms with Crippen LogP contribution in [0.2, 0.25) is 0 Å². The summed E-state index contributed by atoms with van der Waals surface area (Å²) in [6, 6.07) is 15.0. The van der Waals surface area contributed by atoms with Crippen molar-refractivity contribution in [2.24, 2.45) is 0 Å². The van der Waals surface area contributed by atoms with Gasteiger partial charge in [-0.25, -0.2) is 4.98 Å². The van der Waals surface area contributed by atoms with E-state index < -0.39 is 0 Å². The number of aromatic nitrogens is 2. The van der Waals surface area contributed by atoms with Crippen molar-refractivity contribution in [1.29, 1.82) is 0 Å². The van der Waals surface area contributed by atoms with Crippen molar-refractivity contribution in [2.75, 3.05) is 5.73 Å². The fraction of sp³-hybridized carbons (Fsp3) is 0.0667. The molecule has 0 radical (unpaired) electrons. The van der Waals surface area contributed by atoms with E-state index in [1.807, 2.05) is 30.3 Å². The van der Waals surface area contributed by atoms with E-state index in [0.717, 1.165) is 5.56 Å². The molecule has 1 heterocycles. The van der Waals surface area contributed by atoms with E-state index in [4.69, 9.17) is 5.73 Å². The molecular formula is C15H13N3O. The molecule has 2 N–H and O–H groups in total. The summed E-state index contributed by atoms with van der Waals surface area (Å²) < 4.78 is 1.61. The Kier molecular flexibility index (Phi) is 2.76. The van der Waals surface area contributed by atoms with Crippen LogP contribution in [0.1, 0.15) is 5.56 Å². The second-order valence-corrected chi connectivity index (χ2v) is 4.44. The highest BCUT2D eigenvalue weighted by atomic mass is 16.1. The first kappa shape index (κ1) is 11.5. The summed E-state index contributed by atoms with van der Waals surface area (Å²) in [6.45, 7) is 0.521. The summed E-state index contributed by atoms with van der Waals surface area (Å²) in [5.41, 5.74) is 7.95. The van der Waals surface area contributed by atoms with Crippen LogP contribution in [-0.4, -0.2) is 9.55 Å². The SMILES string of the molecule is Nc1ccc2c(=O)n(Cc3ccccc3)cnc2c1. The van der Waals surface area contributed by atoms with Crippen molar-refractivity contribution >= 4 is 16.6 Å². The van der Waals surface area contributed by atoms with Crippen LogP contribution in [0.4, 0.5) is 5.69 Å². The normalized spacial score (nSPS) is 10.7. The molecule has 0 saturated carbocycles. The molecule has 0 amide bonds. The van der Waals surface area contributed by atoms with Crippen LogP contribution in [0.25, 0.3) is 10.9 Å². The van der Waals surface area contributed by atoms with Gasteiger partial charge in [-0.2, -0.15) is 0 Å². The lowest BCUT2D eigenvalue weighted by atomic mass is 10.2. The van der Waals surface area contributed by atoms with Crippen LogP contribution in [0.15, 0.2) is 59.7 Å². The van der Waals surface area contributed by atoms with E-state index in [2.05, 4.69) is 4.98 Å². The zero-order chi connectivity index (χ0) is 13.2. The molecule has 4 nitrogen and oxygen atoms in total. The average molecular weight is 251 g/mol. The quantitative estimate of drug-likeness (QED) is 0.709. The highest BCUT2D eigenvalue weighted by molar-refractivity contribution is 5.80. The summed E-state index contributed by atoms with van der Waals surface area (Å²) in [6.07, 6.45) is 1.57. The van der Waals surface area contributed by atoms with Crippen molar-refractivity contribution < 1.29 is 0 Å². The van der Waals surface area contributed by atoms with Gasteiger partial charge < -0.3 is 5.73 Å². The van der Waals surface area contributed by atoms with Gasteiger partial charge in [0.05, 0.1) is 23.8 Å². The van der Waals surface area contributed by atoms with Crippen molar-refractivity contribution in [3.63, 3.8) is 0 Å². The number of hydrogen-bond donors (Lipinski definition) is 1. The van der Waals surface area contributed by atoms with Gasteiger partial charge in [0.2, 0.25) is 0 Å². The number of benzene rings is 2. The summed E-state index contributed by atoms with van der Waals surface area (Å²) in [4.78, 5) is 16.6. The third-order valence-electron chi connectivity index (χ3n) is 3.05. The summed E-state index contributed by atoms with van der Waals surface area (Å²) in [7, 11) is 0. The Morgan fingerprint density at radius 1 is 1.11 bits per heavy atom. The van der Waals surface area contributed by atoms with E-state index in [-0.39, 0.29) is 5.56 Å². The van der Waals surface area contributed by atoms with Gasteiger partial charge in [0.1, 0.15) is 0 Å². The van der Waals surface area contributed by atoms with Gasteiger partial charge in [-0.05, 0) is 23.8 Å². The van der Waals surface area contributed by atoms with E-state index in [0.29, 0.717) is 23.1 Å². The smallest absolute Gasteiger partial charge is 0.261 e. The van der Waals surface area contributed by atoms with Crippen LogP contribution in [-0.2, 0) is 6.54 Å². The summed E-state index contributed by atoms with van der Waals surface area (Å²) >= 11 is 0. The molecule has 2 aromatic carbocycles. The number of fused-ring (bicyclic) bond motifs is 1. The predicted molar refractivity (Wildman–Crippen MR) is 76.0 cm³/mol. The van der Waals surface area contributed by atoms with Crippen molar-refractivity contribution in [1.82, 2.24) is 9.55 Å². The standard InChI is InChI=1S/C15H13N3O/c16-12-6-7-13-14(8-12)17-10-18(15(13)19)9-11-4-2-1-3-5-11/h1-8,10H,9,16H2. The first-order chi connectivity index (χ1) is 9.24. The molecule has 0 atom stereocenters. The molecule has 4 heteroatoms. The highest BCUT2D eigenvalue weighted by Crippen LogP contribution is 2.11. The van der Waals surface area contributed by atoms with Gasteiger partial charge in [0.15, 0.2) is 0 Å². The van der Waals surface area contributed by atoms with Gasteiger partial charge in [0, 0.05) is 5.69 Å². The zero-order valence-corrected chi connectivity index (χ0v) is 10.3. The molecule has 0 saturated heterocycles. The second kappa shape index (κ2) is 4.57. The first-order valence-electron chi connectivity index (χ1n) is 6.02. The topological polar surface area (TPSA) is 60.9 Å². The third kappa shape index (κ3) is 2.20. The molecule has 1 aromatic heterocycles. The van der Waals surface area contributed by atoms with Crippen molar-refractivity contribution in [3.05, 3.63) is 70.8 Å².